The van der Waals surface area contributed by atoms with E-state index >= 15 is 0 Å². The Kier molecular flexibility index (Phi) is 5.27. The number of ether oxygens (including phenoxy) is 1. The van der Waals surface area contributed by atoms with Crippen molar-refractivity contribution in [1.29, 1.82) is 0 Å². The third kappa shape index (κ3) is 3.89. The van der Waals surface area contributed by atoms with Crippen LogP contribution >= 0.6 is 34.8 Å². The summed E-state index contributed by atoms with van der Waals surface area (Å²) < 4.78 is 19.6. The van der Waals surface area contributed by atoms with Crippen LogP contribution in [-0.4, -0.2) is 18.1 Å². The van der Waals surface area contributed by atoms with E-state index in [1.807, 2.05) is 0 Å². The summed E-state index contributed by atoms with van der Waals surface area (Å²) >= 11 is 18.2. The molecule has 1 aliphatic heterocycles. The Bertz CT molecular complexity index is 708. The maximum Gasteiger partial charge on any atom is 0.141 e. The molecule has 1 aromatic carbocycles. The summed E-state index contributed by atoms with van der Waals surface area (Å²) in [4.78, 5) is 3.92. The van der Waals surface area contributed by atoms with Crippen molar-refractivity contribution in [3.8, 4) is 5.75 Å². The van der Waals surface area contributed by atoms with E-state index in [9.17, 15) is 4.39 Å². The molecule has 2 aromatic rings. The molecule has 3 nitrogen and oxygen atoms in total. The fourth-order valence-corrected chi connectivity index (χ4v) is 3.27. The first-order valence-corrected chi connectivity index (χ1v) is 8.30. The van der Waals surface area contributed by atoms with Gasteiger partial charge in [0.2, 0.25) is 0 Å². The number of nitrogens with one attached hydrogen (secondary N) is 1. The van der Waals surface area contributed by atoms with Crippen LogP contribution in [0, 0.1) is 11.7 Å². The second kappa shape index (κ2) is 7.22. The van der Waals surface area contributed by atoms with Crippen molar-refractivity contribution in [2.75, 3.05) is 13.1 Å². The van der Waals surface area contributed by atoms with Crippen molar-refractivity contribution in [2.45, 2.75) is 12.5 Å². The van der Waals surface area contributed by atoms with Crippen LogP contribution in [0.4, 0.5) is 4.39 Å². The molecule has 1 aromatic heterocycles. The second-order valence-corrected chi connectivity index (χ2v) is 6.65. The van der Waals surface area contributed by atoms with Crippen molar-refractivity contribution < 1.29 is 9.13 Å². The number of hydrogen-bond donors (Lipinski definition) is 1. The minimum absolute atomic E-state index is 0.184. The Labute approximate surface area is 148 Å². The minimum Gasteiger partial charge on any atom is -0.484 e. The van der Waals surface area contributed by atoms with E-state index in [1.165, 1.54) is 18.3 Å². The smallest absolute Gasteiger partial charge is 0.141 e. The maximum atomic E-state index is 13.6. The van der Waals surface area contributed by atoms with Crippen molar-refractivity contribution in [1.82, 2.24) is 10.3 Å². The summed E-state index contributed by atoms with van der Waals surface area (Å²) in [5.74, 6) is 0.202. The van der Waals surface area contributed by atoms with Gasteiger partial charge >= 0.3 is 0 Å². The average molecular weight is 376 g/mol. The predicted molar refractivity (Wildman–Crippen MR) is 90.0 cm³/mol. The highest BCUT2D eigenvalue weighted by Crippen LogP contribution is 2.39. The molecule has 2 heterocycles. The number of halogens is 4. The zero-order valence-electron chi connectivity index (χ0n) is 12.0. The van der Waals surface area contributed by atoms with Crippen LogP contribution in [0.5, 0.6) is 5.75 Å². The van der Waals surface area contributed by atoms with Gasteiger partial charge in [-0.1, -0.05) is 34.8 Å². The number of benzene rings is 1. The monoisotopic (exact) mass is 374 g/mol. The molecule has 0 aliphatic carbocycles. The van der Waals surface area contributed by atoms with Gasteiger partial charge in [0.15, 0.2) is 0 Å². The molecule has 7 heteroatoms. The van der Waals surface area contributed by atoms with Crippen molar-refractivity contribution >= 4 is 34.8 Å². The zero-order valence-corrected chi connectivity index (χ0v) is 14.3. The third-order valence-corrected chi connectivity index (χ3v) is 4.83. The molecule has 1 fully saturated rings. The summed E-state index contributed by atoms with van der Waals surface area (Å²) in [5, 5.41) is 4.36. The van der Waals surface area contributed by atoms with Crippen LogP contribution in [0.3, 0.4) is 0 Å². The number of rotatable bonds is 4. The summed E-state index contributed by atoms with van der Waals surface area (Å²) in [6.45, 7) is 1.67. The fraction of sp³-hybridized carbons (Fsp3) is 0.312. The lowest BCUT2D eigenvalue weighted by molar-refractivity contribution is 0.144. The van der Waals surface area contributed by atoms with Gasteiger partial charge in [0.1, 0.15) is 17.7 Å². The Morgan fingerprint density at radius 3 is 2.61 bits per heavy atom. The molecule has 0 amide bonds. The first-order chi connectivity index (χ1) is 11.0. The lowest BCUT2D eigenvalue weighted by Crippen LogP contribution is -2.22. The van der Waals surface area contributed by atoms with Crippen molar-refractivity contribution in [2.24, 2.45) is 5.92 Å². The standard InChI is InChI=1S/C16H14Cl3FN2O/c17-12-4-14(19)15(5-13(12)18)23-16(9-1-2-21-6-9)10-3-11(20)8-22-7-10/h3-5,7-9,16,21H,1-2,6H2/t9-,16+/m1/s1. The highest BCUT2D eigenvalue weighted by atomic mass is 35.5. The van der Waals surface area contributed by atoms with Gasteiger partial charge in [-0.3, -0.25) is 4.98 Å². The molecule has 23 heavy (non-hydrogen) atoms. The van der Waals surface area contributed by atoms with Crippen LogP contribution in [0.2, 0.25) is 15.1 Å². The lowest BCUT2D eigenvalue weighted by Gasteiger charge is -2.25. The molecule has 1 N–H and O–H groups in total. The summed E-state index contributed by atoms with van der Waals surface area (Å²) in [7, 11) is 0. The number of nitrogens with zero attached hydrogens (tertiary/aromatic N) is 1. The first-order valence-electron chi connectivity index (χ1n) is 7.17. The van der Waals surface area contributed by atoms with Crippen LogP contribution in [0.25, 0.3) is 0 Å². The molecule has 0 unspecified atom stereocenters. The predicted octanol–water partition coefficient (Wildman–Crippen LogP) is 4.91. The molecule has 122 valence electrons. The Morgan fingerprint density at radius 1 is 1.13 bits per heavy atom. The third-order valence-electron chi connectivity index (χ3n) is 3.81. The highest BCUT2D eigenvalue weighted by Gasteiger charge is 2.29. The Balaban J connectivity index is 1.94. The second-order valence-electron chi connectivity index (χ2n) is 5.42. The van der Waals surface area contributed by atoms with Crippen LogP contribution in [-0.2, 0) is 0 Å². The van der Waals surface area contributed by atoms with E-state index in [1.54, 1.807) is 12.3 Å². The summed E-state index contributed by atoms with van der Waals surface area (Å²) in [5.41, 5.74) is 0.667. The van der Waals surface area contributed by atoms with Crippen molar-refractivity contribution in [3.05, 3.63) is 57.0 Å². The van der Waals surface area contributed by atoms with Gasteiger partial charge in [-0.2, -0.15) is 0 Å². The molecular formula is C16H14Cl3FN2O. The van der Waals surface area contributed by atoms with Gasteiger partial charge in [0.05, 0.1) is 21.3 Å². The molecule has 3 rings (SSSR count). The van der Waals surface area contributed by atoms with E-state index in [2.05, 4.69) is 10.3 Å². The van der Waals surface area contributed by atoms with E-state index < -0.39 is 5.82 Å². The normalized spacial score (nSPS) is 18.9. The quantitative estimate of drug-likeness (QED) is 0.771. The van der Waals surface area contributed by atoms with Crippen molar-refractivity contribution in [3.63, 3.8) is 0 Å². The summed E-state index contributed by atoms with van der Waals surface area (Å²) in [6.07, 6.45) is 3.32. The van der Waals surface area contributed by atoms with Gasteiger partial charge in [0, 0.05) is 30.3 Å². The van der Waals surface area contributed by atoms with Crippen LogP contribution in [0.15, 0.2) is 30.6 Å². The molecule has 2 atom stereocenters. The molecule has 0 spiro atoms. The molecule has 1 saturated heterocycles. The van der Waals surface area contributed by atoms with Gasteiger partial charge in [-0.05, 0) is 25.1 Å². The Morgan fingerprint density at radius 2 is 1.91 bits per heavy atom. The minimum atomic E-state index is -0.401. The SMILES string of the molecule is Fc1cncc([C@@H](Oc2cc(Cl)c(Cl)cc2Cl)[C@@H]2CCNC2)c1. The largest absolute Gasteiger partial charge is 0.484 e. The lowest BCUT2D eigenvalue weighted by atomic mass is 9.96. The zero-order chi connectivity index (χ0) is 16.4. The molecule has 0 bridgehead atoms. The van der Waals surface area contributed by atoms with E-state index in [4.69, 9.17) is 39.5 Å². The van der Waals surface area contributed by atoms with Gasteiger partial charge in [0.25, 0.3) is 0 Å². The number of pyridine rings is 1. The average Bonchev–Trinajstić information content (AvgIpc) is 3.03. The molecule has 0 radical (unpaired) electrons. The molecule has 1 aliphatic rings. The topological polar surface area (TPSA) is 34.1 Å². The van der Waals surface area contributed by atoms with Crippen LogP contribution in [0.1, 0.15) is 18.1 Å². The van der Waals surface area contributed by atoms with E-state index in [-0.39, 0.29) is 12.0 Å². The first kappa shape index (κ1) is 16.8. The van der Waals surface area contributed by atoms with E-state index in [0.717, 1.165) is 19.5 Å². The Hall–Kier alpha value is -1.07. The molecule has 0 saturated carbocycles. The number of aromatic nitrogens is 1. The van der Waals surface area contributed by atoms with Crippen LogP contribution < -0.4 is 10.1 Å². The van der Waals surface area contributed by atoms with Gasteiger partial charge < -0.3 is 10.1 Å². The fourth-order valence-electron chi connectivity index (χ4n) is 2.69. The highest BCUT2D eigenvalue weighted by molar-refractivity contribution is 6.43. The van der Waals surface area contributed by atoms with E-state index in [0.29, 0.717) is 26.4 Å². The van der Waals surface area contributed by atoms with Gasteiger partial charge in [-0.25, -0.2) is 4.39 Å². The number of hydrogen-bond acceptors (Lipinski definition) is 3. The maximum absolute atomic E-state index is 13.6. The molecular weight excluding hydrogens is 362 g/mol. The van der Waals surface area contributed by atoms with Gasteiger partial charge in [-0.15, -0.1) is 0 Å². The summed E-state index contributed by atoms with van der Waals surface area (Å²) in [6, 6.07) is 4.55.